The number of phenolic OH excluding ortho intramolecular Hbond substituents is 1. The zero-order valence-electron chi connectivity index (χ0n) is 12.2. The number of hydrogen-bond acceptors (Lipinski definition) is 4. The van der Waals surface area contributed by atoms with Crippen molar-refractivity contribution in [2.45, 2.75) is 31.7 Å². The molecule has 1 fully saturated rings. The van der Waals surface area contributed by atoms with Crippen LogP contribution < -0.4 is 10.1 Å². The highest BCUT2D eigenvalue weighted by molar-refractivity contribution is 14.1. The van der Waals surface area contributed by atoms with E-state index >= 15 is 0 Å². The maximum atomic E-state index is 12.2. The Labute approximate surface area is 143 Å². The lowest BCUT2D eigenvalue weighted by atomic mass is 10.1. The number of nitrogens with zero attached hydrogens (tertiary/aromatic N) is 1. The van der Waals surface area contributed by atoms with Gasteiger partial charge in [-0.15, -0.1) is 0 Å². The quantitative estimate of drug-likeness (QED) is 0.453. The van der Waals surface area contributed by atoms with Crippen molar-refractivity contribution in [2.75, 3.05) is 7.11 Å². The predicted molar refractivity (Wildman–Crippen MR) is 91.4 cm³/mol. The minimum Gasteiger partial charge on any atom is -0.504 e. The van der Waals surface area contributed by atoms with Crippen molar-refractivity contribution >= 4 is 34.6 Å². The van der Waals surface area contributed by atoms with E-state index < -0.39 is 0 Å². The van der Waals surface area contributed by atoms with Gasteiger partial charge in [-0.05, 0) is 59.2 Å². The molecule has 116 valence electrons. The first-order valence-corrected chi connectivity index (χ1v) is 8.12. The highest BCUT2D eigenvalue weighted by atomic mass is 127. The van der Waals surface area contributed by atoms with Crippen LogP contribution in [0.2, 0.25) is 0 Å². The Bertz CT molecular complexity index is 644. The number of benzene rings is 1. The Morgan fingerprint density at radius 2 is 2.18 bits per heavy atom. The first kappa shape index (κ1) is 16.6. The van der Waals surface area contributed by atoms with Gasteiger partial charge in [0.2, 0.25) is 0 Å². The Kier molecular flexibility index (Phi) is 5.66. The second kappa shape index (κ2) is 7.49. The van der Waals surface area contributed by atoms with Gasteiger partial charge in [-0.1, -0.05) is 12.8 Å². The Morgan fingerprint density at radius 3 is 2.77 bits per heavy atom. The number of nitrogens with one attached hydrogen (secondary N) is 1. The molecule has 2 rings (SSSR count). The third-order valence-electron chi connectivity index (χ3n) is 3.64. The Morgan fingerprint density at radius 1 is 1.50 bits per heavy atom. The number of hydrogen-bond donors (Lipinski definition) is 2. The second-order valence-electron chi connectivity index (χ2n) is 5.18. The van der Waals surface area contributed by atoms with Gasteiger partial charge in [0.1, 0.15) is 11.6 Å². The summed E-state index contributed by atoms with van der Waals surface area (Å²) in [6.45, 7) is 0. The number of carbonyl (C=O) groups excluding carboxylic acids is 1. The highest BCUT2D eigenvalue weighted by Gasteiger charge is 2.19. The molecule has 0 aromatic heterocycles. The van der Waals surface area contributed by atoms with Gasteiger partial charge in [0.25, 0.3) is 5.91 Å². The van der Waals surface area contributed by atoms with E-state index in [0.717, 1.165) is 25.7 Å². The van der Waals surface area contributed by atoms with Crippen molar-refractivity contribution < 1.29 is 14.6 Å². The number of rotatable bonds is 4. The number of carbonyl (C=O) groups is 1. The molecule has 1 saturated carbocycles. The van der Waals surface area contributed by atoms with Crippen LogP contribution >= 0.6 is 22.6 Å². The van der Waals surface area contributed by atoms with E-state index in [1.54, 1.807) is 12.1 Å². The smallest absolute Gasteiger partial charge is 0.262 e. The number of halogens is 1. The van der Waals surface area contributed by atoms with Crippen LogP contribution in [0.5, 0.6) is 11.5 Å². The second-order valence-corrected chi connectivity index (χ2v) is 6.34. The zero-order chi connectivity index (χ0) is 16.1. The number of nitriles is 1. The number of methoxy groups -OCH3 is 1. The number of ether oxygens (including phenoxy) is 1. The summed E-state index contributed by atoms with van der Waals surface area (Å²) >= 11 is 1.97. The van der Waals surface area contributed by atoms with Gasteiger partial charge in [-0.2, -0.15) is 5.26 Å². The first-order chi connectivity index (χ1) is 10.5. The van der Waals surface area contributed by atoms with E-state index in [1.807, 2.05) is 28.7 Å². The fourth-order valence-electron chi connectivity index (χ4n) is 2.48. The zero-order valence-corrected chi connectivity index (χ0v) is 14.4. The van der Waals surface area contributed by atoms with Crippen molar-refractivity contribution in [3.8, 4) is 17.6 Å². The summed E-state index contributed by atoms with van der Waals surface area (Å²) in [5.41, 5.74) is 0.688. The minimum atomic E-state index is -0.351. The van der Waals surface area contributed by atoms with Crippen molar-refractivity contribution in [1.29, 1.82) is 5.26 Å². The van der Waals surface area contributed by atoms with Gasteiger partial charge in [0.15, 0.2) is 11.5 Å². The summed E-state index contributed by atoms with van der Waals surface area (Å²) < 4.78 is 5.68. The van der Waals surface area contributed by atoms with E-state index in [1.165, 1.54) is 13.2 Å². The molecular weight excluding hydrogens is 395 g/mol. The average molecular weight is 412 g/mol. The SMILES string of the molecule is COc1cc(/C=C(\C#N)C(=O)NC2CCCC2)cc(I)c1O. The standard InChI is InChI=1S/C16H17IN2O3/c1-22-14-8-10(7-13(17)15(14)20)6-11(9-18)16(21)19-12-4-2-3-5-12/h6-8,12,20H,2-5H2,1H3,(H,19,21)/b11-6+. The molecule has 0 saturated heterocycles. The van der Waals surface area contributed by atoms with Gasteiger partial charge < -0.3 is 15.2 Å². The molecule has 0 unspecified atom stereocenters. The molecule has 1 aromatic carbocycles. The topological polar surface area (TPSA) is 82.3 Å². The van der Waals surface area contributed by atoms with Crippen LogP contribution in [0, 0.1) is 14.9 Å². The molecule has 0 atom stereocenters. The van der Waals surface area contributed by atoms with Crippen molar-refractivity contribution in [3.05, 3.63) is 26.8 Å². The van der Waals surface area contributed by atoms with Crippen LogP contribution in [0.4, 0.5) is 0 Å². The molecule has 0 bridgehead atoms. The van der Waals surface area contributed by atoms with Crippen LogP contribution in [0.3, 0.4) is 0 Å². The van der Waals surface area contributed by atoms with Gasteiger partial charge in [-0.3, -0.25) is 4.79 Å². The molecule has 2 N–H and O–H groups in total. The van der Waals surface area contributed by atoms with Crippen LogP contribution in [0.25, 0.3) is 6.08 Å². The van der Waals surface area contributed by atoms with Gasteiger partial charge in [0, 0.05) is 6.04 Å². The number of amides is 1. The van der Waals surface area contributed by atoms with Gasteiger partial charge in [-0.25, -0.2) is 0 Å². The molecule has 0 aliphatic heterocycles. The maximum Gasteiger partial charge on any atom is 0.262 e. The molecule has 1 aromatic rings. The monoisotopic (exact) mass is 412 g/mol. The lowest BCUT2D eigenvalue weighted by Crippen LogP contribution is -2.33. The molecular formula is C16H17IN2O3. The molecule has 1 aliphatic rings. The minimum absolute atomic E-state index is 0.0502. The van der Waals surface area contributed by atoms with E-state index in [2.05, 4.69) is 5.32 Å². The third-order valence-corrected chi connectivity index (χ3v) is 4.46. The van der Waals surface area contributed by atoms with E-state index in [0.29, 0.717) is 14.9 Å². The largest absolute Gasteiger partial charge is 0.504 e. The van der Waals surface area contributed by atoms with Crippen LogP contribution in [0.1, 0.15) is 31.2 Å². The molecule has 5 nitrogen and oxygen atoms in total. The van der Waals surface area contributed by atoms with E-state index in [4.69, 9.17) is 4.74 Å². The Balaban J connectivity index is 2.23. The van der Waals surface area contributed by atoms with Crippen molar-refractivity contribution in [3.63, 3.8) is 0 Å². The summed E-state index contributed by atoms with van der Waals surface area (Å²) in [6, 6.07) is 5.39. The van der Waals surface area contributed by atoms with Crippen LogP contribution in [-0.2, 0) is 4.79 Å². The first-order valence-electron chi connectivity index (χ1n) is 7.04. The molecule has 0 spiro atoms. The third kappa shape index (κ3) is 3.91. The highest BCUT2D eigenvalue weighted by Crippen LogP contribution is 2.33. The molecule has 0 heterocycles. The van der Waals surface area contributed by atoms with Gasteiger partial charge in [0.05, 0.1) is 10.7 Å². The van der Waals surface area contributed by atoms with E-state index in [9.17, 15) is 15.2 Å². The summed E-state index contributed by atoms with van der Waals surface area (Å²) in [7, 11) is 1.45. The molecule has 1 aliphatic carbocycles. The molecule has 6 heteroatoms. The average Bonchev–Trinajstić information content (AvgIpc) is 3.00. The summed E-state index contributed by atoms with van der Waals surface area (Å²) in [6.07, 6.45) is 5.67. The van der Waals surface area contributed by atoms with Crippen molar-refractivity contribution in [1.82, 2.24) is 5.32 Å². The normalized spacial score (nSPS) is 15.4. The Hall–Kier alpha value is -1.75. The predicted octanol–water partition coefficient (Wildman–Crippen LogP) is 2.97. The van der Waals surface area contributed by atoms with Crippen molar-refractivity contribution in [2.24, 2.45) is 0 Å². The molecule has 22 heavy (non-hydrogen) atoms. The summed E-state index contributed by atoms with van der Waals surface area (Å²) in [4.78, 5) is 12.2. The molecule has 0 radical (unpaired) electrons. The van der Waals surface area contributed by atoms with Gasteiger partial charge >= 0.3 is 0 Å². The number of aromatic hydroxyl groups is 1. The summed E-state index contributed by atoms with van der Waals surface area (Å²) in [5.74, 6) is 0.0113. The molecule has 1 amide bonds. The number of phenols is 1. The van der Waals surface area contributed by atoms with E-state index in [-0.39, 0.29) is 23.3 Å². The fourth-order valence-corrected chi connectivity index (χ4v) is 3.11. The van der Waals surface area contributed by atoms with Crippen LogP contribution in [-0.4, -0.2) is 24.2 Å². The summed E-state index contributed by atoms with van der Waals surface area (Å²) in [5, 5.41) is 21.9. The van der Waals surface area contributed by atoms with Crippen LogP contribution in [0.15, 0.2) is 17.7 Å². The lowest BCUT2D eigenvalue weighted by molar-refractivity contribution is -0.117. The lowest BCUT2D eigenvalue weighted by Gasteiger charge is -2.11. The maximum absolute atomic E-state index is 12.2. The fraction of sp³-hybridized carbons (Fsp3) is 0.375.